The molecule has 0 aliphatic carbocycles. The van der Waals surface area contributed by atoms with E-state index in [0.717, 1.165) is 0 Å². The molecule has 54 valence electrons. The lowest BCUT2D eigenvalue weighted by Gasteiger charge is -1.92. The molecule has 5 N–H and O–H groups in total. The minimum atomic E-state index is 0.0976. The number of aliphatic hydroxyl groups excluding tert-OH is 1. The second kappa shape index (κ2) is 5.71. The van der Waals surface area contributed by atoms with E-state index in [4.69, 9.17) is 16.6 Å². The van der Waals surface area contributed by atoms with Gasteiger partial charge in [-0.1, -0.05) is 0 Å². The maximum absolute atomic E-state index is 8.30. The number of rotatable bonds is 4. The Kier molecular flexibility index (Phi) is 5.45. The third-order valence-corrected chi connectivity index (χ3v) is 1.36. The Labute approximate surface area is 58.3 Å². The molecule has 9 heavy (non-hydrogen) atoms. The predicted octanol–water partition coefficient (Wildman–Crippen LogP) is -1.06. The summed E-state index contributed by atoms with van der Waals surface area (Å²) in [4.78, 5) is 3.69. The van der Waals surface area contributed by atoms with E-state index >= 15 is 0 Å². The van der Waals surface area contributed by atoms with E-state index in [1.165, 1.54) is 11.8 Å². The Morgan fingerprint density at radius 1 is 1.56 bits per heavy atom. The van der Waals surface area contributed by atoms with Gasteiger partial charge in [0.1, 0.15) is 0 Å². The molecule has 0 saturated carbocycles. The number of nitrogens with zero attached hydrogens (tertiary/aromatic N) is 1. The van der Waals surface area contributed by atoms with Gasteiger partial charge in [0, 0.05) is 5.75 Å². The fraction of sp³-hybridized carbons (Fsp3) is 0.750. The van der Waals surface area contributed by atoms with Crippen LogP contribution in [0.25, 0.3) is 0 Å². The lowest BCUT2D eigenvalue weighted by molar-refractivity contribution is 0.322. The fourth-order valence-corrected chi connectivity index (χ4v) is 0.748. The molecule has 0 amide bonds. The number of aliphatic imine (C=N–C) groups is 1. The maximum atomic E-state index is 8.30. The molecule has 0 atom stereocenters. The van der Waals surface area contributed by atoms with E-state index in [2.05, 4.69) is 4.99 Å². The van der Waals surface area contributed by atoms with Crippen molar-refractivity contribution < 1.29 is 5.11 Å². The Bertz CT molecular complexity index is 91.8. The summed E-state index contributed by atoms with van der Waals surface area (Å²) in [5, 5.41) is 8.30. The Balaban J connectivity index is 3.00. The summed E-state index contributed by atoms with van der Waals surface area (Å²) in [6.07, 6.45) is 0. The summed E-state index contributed by atoms with van der Waals surface area (Å²) >= 11 is 1.48. The van der Waals surface area contributed by atoms with E-state index in [0.29, 0.717) is 11.6 Å². The van der Waals surface area contributed by atoms with E-state index < -0.39 is 0 Å². The molecule has 0 aromatic carbocycles. The van der Waals surface area contributed by atoms with Crippen molar-refractivity contribution in [2.45, 2.75) is 0 Å². The molecule has 0 heterocycles. The zero-order valence-corrected chi connectivity index (χ0v) is 5.90. The summed E-state index contributed by atoms with van der Waals surface area (Å²) in [5.41, 5.74) is 10.1. The SMILES string of the molecule is NC(N)=NCSCCO. The van der Waals surface area contributed by atoms with Crippen LogP contribution in [-0.4, -0.2) is 29.3 Å². The third-order valence-electron chi connectivity index (χ3n) is 0.574. The quantitative estimate of drug-likeness (QED) is 0.270. The van der Waals surface area contributed by atoms with Gasteiger partial charge in [-0.25, -0.2) is 4.99 Å². The Morgan fingerprint density at radius 3 is 2.67 bits per heavy atom. The highest BCUT2D eigenvalue weighted by Crippen LogP contribution is 1.96. The first-order valence-electron chi connectivity index (χ1n) is 2.51. The van der Waals surface area contributed by atoms with Crippen LogP contribution in [0.1, 0.15) is 0 Å². The topological polar surface area (TPSA) is 84.6 Å². The molecule has 0 bridgehead atoms. The Hall–Kier alpha value is -0.420. The second-order valence-electron chi connectivity index (χ2n) is 1.34. The first-order chi connectivity index (χ1) is 4.27. The van der Waals surface area contributed by atoms with Crippen molar-refractivity contribution in [3.05, 3.63) is 0 Å². The molecule has 0 spiro atoms. The van der Waals surface area contributed by atoms with E-state index in [1.807, 2.05) is 0 Å². The van der Waals surface area contributed by atoms with E-state index in [1.54, 1.807) is 0 Å². The summed E-state index contributed by atoms with van der Waals surface area (Å²) in [7, 11) is 0. The largest absolute Gasteiger partial charge is 0.396 e. The molecular formula is C4H11N3OS. The number of nitrogens with two attached hydrogens (primary N) is 2. The molecule has 0 aliphatic heterocycles. The molecule has 0 radical (unpaired) electrons. The lowest BCUT2D eigenvalue weighted by Crippen LogP contribution is -2.22. The molecular weight excluding hydrogens is 138 g/mol. The van der Waals surface area contributed by atoms with Crippen molar-refractivity contribution in [2.75, 3.05) is 18.2 Å². The fourth-order valence-electron chi connectivity index (χ4n) is 0.249. The van der Waals surface area contributed by atoms with Crippen LogP contribution < -0.4 is 11.5 Å². The molecule has 0 saturated heterocycles. The smallest absolute Gasteiger partial charge is 0.186 e. The lowest BCUT2D eigenvalue weighted by atomic mass is 10.9. The normalized spacial score (nSPS) is 9.00. The van der Waals surface area contributed by atoms with Gasteiger partial charge in [0.25, 0.3) is 0 Å². The second-order valence-corrected chi connectivity index (χ2v) is 2.42. The van der Waals surface area contributed by atoms with Gasteiger partial charge in [0.2, 0.25) is 0 Å². The summed E-state index contributed by atoms with van der Waals surface area (Å²) in [6.45, 7) is 0.171. The first kappa shape index (κ1) is 8.58. The van der Waals surface area contributed by atoms with Crippen LogP contribution >= 0.6 is 11.8 Å². The molecule has 0 aromatic heterocycles. The molecule has 0 aliphatic rings. The minimum absolute atomic E-state index is 0.0976. The van der Waals surface area contributed by atoms with E-state index in [9.17, 15) is 0 Å². The summed E-state index contributed by atoms with van der Waals surface area (Å²) in [5.74, 6) is 1.31. The molecule has 0 aromatic rings. The van der Waals surface area contributed by atoms with Gasteiger partial charge in [-0.05, 0) is 0 Å². The molecule has 4 nitrogen and oxygen atoms in total. The van der Waals surface area contributed by atoms with Gasteiger partial charge in [0.05, 0.1) is 12.5 Å². The average Bonchev–Trinajstić information content (AvgIpc) is 1.80. The van der Waals surface area contributed by atoms with Crippen molar-refractivity contribution in [2.24, 2.45) is 16.5 Å². The van der Waals surface area contributed by atoms with Crippen molar-refractivity contribution >= 4 is 17.7 Å². The summed E-state index contributed by atoms with van der Waals surface area (Å²) < 4.78 is 0. The number of guanidine groups is 1. The number of hydrogen-bond donors (Lipinski definition) is 3. The first-order valence-corrected chi connectivity index (χ1v) is 3.67. The highest BCUT2D eigenvalue weighted by molar-refractivity contribution is 7.99. The Morgan fingerprint density at radius 2 is 2.22 bits per heavy atom. The highest BCUT2D eigenvalue weighted by Gasteiger charge is 1.83. The number of hydrogen-bond acceptors (Lipinski definition) is 3. The molecule has 0 rings (SSSR count). The van der Waals surface area contributed by atoms with E-state index in [-0.39, 0.29) is 12.6 Å². The van der Waals surface area contributed by atoms with Crippen LogP contribution in [0.4, 0.5) is 0 Å². The van der Waals surface area contributed by atoms with Crippen LogP contribution in [0.3, 0.4) is 0 Å². The van der Waals surface area contributed by atoms with Gasteiger partial charge in [-0.15, -0.1) is 11.8 Å². The standard InChI is InChI=1S/C4H11N3OS/c5-4(6)7-3-9-2-1-8/h8H,1-3H2,(H4,5,6,7). The average molecular weight is 149 g/mol. The number of thioether (sulfide) groups is 1. The number of aliphatic hydroxyl groups is 1. The van der Waals surface area contributed by atoms with Crippen LogP contribution in [-0.2, 0) is 0 Å². The molecule has 5 heteroatoms. The highest BCUT2D eigenvalue weighted by atomic mass is 32.2. The minimum Gasteiger partial charge on any atom is -0.396 e. The van der Waals surface area contributed by atoms with Crippen molar-refractivity contribution in [3.8, 4) is 0 Å². The van der Waals surface area contributed by atoms with Crippen molar-refractivity contribution in [1.82, 2.24) is 0 Å². The zero-order chi connectivity index (χ0) is 7.11. The van der Waals surface area contributed by atoms with Gasteiger partial charge in [-0.2, -0.15) is 0 Å². The zero-order valence-electron chi connectivity index (χ0n) is 5.08. The maximum Gasteiger partial charge on any atom is 0.186 e. The van der Waals surface area contributed by atoms with Gasteiger partial charge in [0.15, 0.2) is 5.96 Å². The molecule has 0 fully saturated rings. The van der Waals surface area contributed by atoms with Gasteiger partial charge in [-0.3, -0.25) is 0 Å². The van der Waals surface area contributed by atoms with Gasteiger partial charge < -0.3 is 16.6 Å². The van der Waals surface area contributed by atoms with Crippen molar-refractivity contribution in [3.63, 3.8) is 0 Å². The van der Waals surface area contributed by atoms with Crippen LogP contribution in [0, 0.1) is 0 Å². The van der Waals surface area contributed by atoms with Crippen LogP contribution in [0.5, 0.6) is 0 Å². The molecule has 0 unspecified atom stereocenters. The van der Waals surface area contributed by atoms with Gasteiger partial charge >= 0.3 is 0 Å². The van der Waals surface area contributed by atoms with Crippen LogP contribution in [0.15, 0.2) is 4.99 Å². The predicted molar refractivity (Wildman–Crippen MR) is 40.2 cm³/mol. The monoisotopic (exact) mass is 149 g/mol. The summed E-state index contributed by atoms with van der Waals surface area (Å²) in [6, 6.07) is 0. The van der Waals surface area contributed by atoms with Crippen molar-refractivity contribution in [1.29, 1.82) is 0 Å². The third kappa shape index (κ3) is 7.58. The van der Waals surface area contributed by atoms with Crippen LogP contribution in [0.2, 0.25) is 0 Å².